The van der Waals surface area contributed by atoms with Crippen molar-refractivity contribution < 1.29 is 8.42 Å². The van der Waals surface area contributed by atoms with E-state index in [2.05, 4.69) is 42.1 Å². The van der Waals surface area contributed by atoms with Gasteiger partial charge in [-0.05, 0) is 82.7 Å². The highest BCUT2D eigenvalue weighted by atomic mass is 32.2. The molecule has 38 heavy (non-hydrogen) atoms. The zero-order valence-corrected chi connectivity index (χ0v) is 23.6. The third kappa shape index (κ3) is 7.53. The van der Waals surface area contributed by atoms with Crippen LogP contribution in [-0.4, -0.2) is 15.0 Å². The van der Waals surface area contributed by atoms with E-state index in [4.69, 9.17) is 0 Å². The van der Waals surface area contributed by atoms with E-state index in [1.54, 1.807) is 17.7 Å². The average molecular weight is 529 g/mol. The van der Waals surface area contributed by atoms with Gasteiger partial charge in [0.2, 0.25) is 10.0 Å². The Morgan fingerprint density at radius 2 is 1.34 bits per heavy atom. The van der Waals surface area contributed by atoms with Gasteiger partial charge in [0, 0.05) is 0 Å². The lowest BCUT2D eigenvalue weighted by molar-refractivity contribution is 0.417. The highest BCUT2D eigenvalue weighted by Gasteiger charge is 2.29. The molecule has 0 saturated carbocycles. The van der Waals surface area contributed by atoms with Crippen molar-refractivity contribution in [3.8, 4) is 0 Å². The molecular formula is C33H40N2O2S. The van der Waals surface area contributed by atoms with Crippen molar-refractivity contribution in [2.24, 2.45) is 0 Å². The van der Waals surface area contributed by atoms with Crippen LogP contribution in [0.2, 0.25) is 0 Å². The highest BCUT2D eigenvalue weighted by Crippen LogP contribution is 2.31. The van der Waals surface area contributed by atoms with Gasteiger partial charge in [-0.2, -0.15) is 0 Å². The van der Waals surface area contributed by atoms with Crippen molar-refractivity contribution in [3.05, 3.63) is 124 Å². The van der Waals surface area contributed by atoms with Crippen LogP contribution in [0.15, 0.2) is 113 Å². The highest BCUT2D eigenvalue weighted by molar-refractivity contribution is 7.89. The third-order valence-electron chi connectivity index (χ3n) is 7.47. The van der Waals surface area contributed by atoms with Crippen molar-refractivity contribution in [1.82, 2.24) is 10.0 Å². The van der Waals surface area contributed by atoms with E-state index in [0.29, 0.717) is 0 Å². The Bertz CT molecular complexity index is 1350. The summed E-state index contributed by atoms with van der Waals surface area (Å²) in [5.41, 5.74) is 7.56. The maximum absolute atomic E-state index is 13.5. The molecule has 5 heteroatoms. The van der Waals surface area contributed by atoms with Crippen molar-refractivity contribution in [1.29, 1.82) is 0 Å². The lowest BCUT2D eigenvalue weighted by Gasteiger charge is -2.30. The second kappa shape index (κ2) is 13.2. The van der Waals surface area contributed by atoms with Crippen LogP contribution in [-0.2, 0) is 10.0 Å². The van der Waals surface area contributed by atoms with Crippen LogP contribution in [0.3, 0.4) is 0 Å². The van der Waals surface area contributed by atoms with Gasteiger partial charge in [0.15, 0.2) is 0 Å². The largest absolute Gasteiger partial charge is 0.308 e. The van der Waals surface area contributed by atoms with Gasteiger partial charge in [0.25, 0.3) is 0 Å². The Labute approximate surface area is 228 Å². The van der Waals surface area contributed by atoms with Crippen molar-refractivity contribution in [2.45, 2.75) is 69.9 Å². The van der Waals surface area contributed by atoms with Gasteiger partial charge in [0.05, 0.1) is 17.0 Å². The zero-order valence-electron chi connectivity index (χ0n) is 22.8. The van der Waals surface area contributed by atoms with Crippen LogP contribution in [0, 0.1) is 6.92 Å². The number of rotatable bonds is 12. The maximum Gasteiger partial charge on any atom is 0.241 e. The van der Waals surface area contributed by atoms with E-state index < -0.39 is 16.1 Å². The Morgan fingerprint density at radius 3 is 1.95 bits per heavy atom. The van der Waals surface area contributed by atoms with Crippen LogP contribution in [0.25, 0.3) is 0 Å². The van der Waals surface area contributed by atoms with Gasteiger partial charge in [-0.1, -0.05) is 101 Å². The summed E-state index contributed by atoms with van der Waals surface area (Å²) in [5.74, 6) is 0. The topological polar surface area (TPSA) is 58.2 Å². The summed E-state index contributed by atoms with van der Waals surface area (Å²) in [6, 6.07) is 26.3. The van der Waals surface area contributed by atoms with Crippen LogP contribution in [0.4, 0.5) is 0 Å². The molecule has 0 bridgehead atoms. The van der Waals surface area contributed by atoms with Gasteiger partial charge < -0.3 is 5.32 Å². The smallest absolute Gasteiger partial charge is 0.241 e. The normalized spacial score (nSPS) is 15.7. The van der Waals surface area contributed by atoms with E-state index in [1.807, 2.05) is 67.6 Å². The first-order valence-corrected chi connectivity index (χ1v) is 15.1. The summed E-state index contributed by atoms with van der Waals surface area (Å²) in [5, 5.41) is 3.72. The lowest BCUT2D eigenvalue weighted by Crippen LogP contribution is -2.39. The lowest BCUT2D eigenvalue weighted by atomic mass is 9.91. The first-order chi connectivity index (χ1) is 18.3. The summed E-state index contributed by atoms with van der Waals surface area (Å²) < 4.78 is 30.1. The molecule has 3 aromatic carbocycles. The molecular weight excluding hydrogens is 488 g/mol. The van der Waals surface area contributed by atoms with E-state index in [1.165, 1.54) is 11.1 Å². The number of unbranched alkanes of at least 4 members (excludes halogenated alkanes) is 1. The molecule has 2 N–H and O–H groups in total. The summed E-state index contributed by atoms with van der Waals surface area (Å²) in [7, 11) is -3.74. The molecule has 0 heterocycles. The molecule has 0 saturated heterocycles. The standard InChI is InChI=1S/C33H40N2O2S/c1-25-17-21-31(22-18-25)38(36,37)35-33(30-15-8-5-9-16-30)32(29-13-6-4-7-14-29)34-23-11-10-12-28-20-19-26(2)27(3)24-28/h4-9,13-18,20-22,32-35H,10-12,19,23-24H2,1-3H3/t32-,33-/m0/s1. The number of benzene rings is 3. The van der Waals surface area contributed by atoms with Gasteiger partial charge in [0.1, 0.15) is 0 Å². The fourth-order valence-electron chi connectivity index (χ4n) is 4.99. The van der Waals surface area contributed by atoms with Crippen LogP contribution < -0.4 is 10.0 Å². The molecule has 0 radical (unpaired) electrons. The Hall–Kier alpha value is -2.99. The fourth-order valence-corrected chi connectivity index (χ4v) is 6.23. The number of sulfonamides is 1. The Morgan fingerprint density at radius 1 is 0.737 bits per heavy atom. The predicted molar refractivity (Wildman–Crippen MR) is 157 cm³/mol. The fraction of sp³-hybridized carbons (Fsp3) is 0.333. The number of hydrogen-bond donors (Lipinski definition) is 2. The van der Waals surface area contributed by atoms with Crippen LogP contribution in [0.1, 0.15) is 74.7 Å². The number of allylic oxidation sites excluding steroid dienone is 4. The molecule has 1 aliphatic carbocycles. The molecule has 0 amide bonds. The summed E-state index contributed by atoms with van der Waals surface area (Å²) in [6.07, 6.45) is 7.82. The second-order valence-corrected chi connectivity index (χ2v) is 12.1. The number of hydrogen-bond acceptors (Lipinski definition) is 3. The summed E-state index contributed by atoms with van der Waals surface area (Å²) >= 11 is 0. The van der Waals surface area contributed by atoms with Gasteiger partial charge in [-0.25, -0.2) is 13.1 Å². The average Bonchev–Trinajstić information content (AvgIpc) is 2.93. The van der Waals surface area contributed by atoms with Crippen molar-refractivity contribution >= 4 is 10.0 Å². The molecule has 0 aromatic heterocycles. The monoisotopic (exact) mass is 528 g/mol. The second-order valence-electron chi connectivity index (χ2n) is 10.4. The van der Waals surface area contributed by atoms with Gasteiger partial charge in [-0.15, -0.1) is 0 Å². The molecule has 0 aliphatic heterocycles. The minimum atomic E-state index is -3.74. The maximum atomic E-state index is 13.5. The molecule has 0 unspecified atom stereocenters. The molecule has 1 aliphatic rings. The zero-order chi connectivity index (χ0) is 27.0. The van der Waals surface area contributed by atoms with Gasteiger partial charge >= 0.3 is 0 Å². The molecule has 3 aromatic rings. The minimum absolute atomic E-state index is 0.222. The number of aryl methyl sites for hydroxylation is 1. The quantitative estimate of drug-likeness (QED) is 0.188. The van der Waals surface area contributed by atoms with E-state index in [0.717, 1.165) is 55.3 Å². The molecule has 0 spiro atoms. The Kier molecular flexibility index (Phi) is 9.73. The van der Waals surface area contributed by atoms with Crippen molar-refractivity contribution in [3.63, 3.8) is 0 Å². The first kappa shape index (κ1) is 28.0. The number of nitrogens with one attached hydrogen (secondary N) is 2. The third-order valence-corrected chi connectivity index (χ3v) is 8.93. The van der Waals surface area contributed by atoms with E-state index in [9.17, 15) is 8.42 Å². The Balaban J connectivity index is 1.52. The predicted octanol–water partition coefficient (Wildman–Crippen LogP) is 7.57. The minimum Gasteiger partial charge on any atom is -0.308 e. The molecule has 0 fully saturated rings. The first-order valence-electron chi connectivity index (χ1n) is 13.6. The molecule has 4 nitrogen and oxygen atoms in total. The van der Waals surface area contributed by atoms with Crippen molar-refractivity contribution in [2.75, 3.05) is 6.54 Å². The molecule has 200 valence electrons. The van der Waals surface area contributed by atoms with Gasteiger partial charge in [-0.3, -0.25) is 0 Å². The van der Waals surface area contributed by atoms with Crippen LogP contribution >= 0.6 is 0 Å². The van der Waals surface area contributed by atoms with Crippen LogP contribution in [0.5, 0.6) is 0 Å². The SMILES string of the molecule is CC1=C(C)CC(CCCCN[C@@H](c2ccccc2)[C@@H](NS(=O)(=O)c2ccc(C)cc2)c2ccccc2)=CC1. The summed E-state index contributed by atoms with van der Waals surface area (Å²) in [6.45, 7) is 7.23. The molecule has 4 rings (SSSR count). The molecule has 2 atom stereocenters. The van der Waals surface area contributed by atoms with E-state index >= 15 is 0 Å². The summed E-state index contributed by atoms with van der Waals surface area (Å²) in [4.78, 5) is 0.274. The van der Waals surface area contributed by atoms with E-state index in [-0.39, 0.29) is 10.9 Å².